The Morgan fingerprint density at radius 1 is 1.60 bits per heavy atom. The van der Waals surface area contributed by atoms with Crippen LogP contribution in [0.4, 0.5) is 0 Å². The summed E-state index contributed by atoms with van der Waals surface area (Å²) in [6.45, 7) is 10.0. The van der Waals surface area contributed by atoms with E-state index in [0.717, 1.165) is 12.1 Å². The molecular weight excluding hydrogens is 190 g/mol. The predicted molar refractivity (Wildman–Crippen MR) is 61.0 cm³/mol. The molecule has 0 aliphatic heterocycles. The third-order valence-corrected chi connectivity index (χ3v) is 2.38. The first-order chi connectivity index (χ1) is 7.10. The summed E-state index contributed by atoms with van der Waals surface area (Å²) in [7, 11) is 0. The predicted octanol–water partition coefficient (Wildman–Crippen LogP) is 2.22. The number of esters is 1. The molecule has 1 fully saturated rings. The topological polar surface area (TPSA) is 38.7 Å². The van der Waals surface area contributed by atoms with Gasteiger partial charge >= 0.3 is 5.97 Å². The van der Waals surface area contributed by atoms with Crippen molar-refractivity contribution in [1.82, 2.24) is 0 Å². The van der Waals surface area contributed by atoms with Crippen molar-refractivity contribution in [1.29, 1.82) is 0 Å². The van der Waals surface area contributed by atoms with Gasteiger partial charge in [0.25, 0.3) is 0 Å². The Morgan fingerprint density at radius 2 is 2.27 bits per heavy atom. The van der Waals surface area contributed by atoms with Gasteiger partial charge in [-0.3, -0.25) is 9.79 Å². The Hall–Kier alpha value is -1.12. The fourth-order valence-electron chi connectivity index (χ4n) is 1.63. The summed E-state index contributed by atoms with van der Waals surface area (Å²) in [5, 5.41) is 0. The molecule has 0 aromatic carbocycles. The van der Waals surface area contributed by atoms with Crippen molar-refractivity contribution in [3.8, 4) is 0 Å². The Kier molecular flexibility index (Phi) is 4.06. The molecule has 0 aromatic rings. The lowest BCUT2D eigenvalue weighted by Gasteiger charge is -2.03. The number of carbonyl (C=O) groups is 1. The lowest BCUT2D eigenvalue weighted by molar-refractivity contribution is -0.144. The largest absolute Gasteiger partial charge is 0.466 e. The van der Waals surface area contributed by atoms with Gasteiger partial charge in [0.1, 0.15) is 0 Å². The molecule has 0 radical (unpaired) electrons. The number of hydrogen-bond donors (Lipinski definition) is 0. The van der Waals surface area contributed by atoms with Crippen LogP contribution in [0, 0.1) is 11.8 Å². The zero-order chi connectivity index (χ0) is 11.4. The maximum absolute atomic E-state index is 11.4. The average Bonchev–Trinajstić information content (AvgIpc) is 2.93. The maximum atomic E-state index is 11.4. The van der Waals surface area contributed by atoms with Crippen LogP contribution in [0.15, 0.2) is 17.6 Å². The number of hydrogen-bond acceptors (Lipinski definition) is 3. The molecule has 1 aliphatic carbocycles. The molecule has 0 amide bonds. The first-order valence-corrected chi connectivity index (χ1v) is 5.46. The van der Waals surface area contributed by atoms with E-state index in [0.29, 0.717) is 6.61 Å². The van der Waals surface area contributed by atoms with Gasteiger partial charge in [-0.05, 0) is 33.3 Å². The standard InChI is InChI=1S/C12H19NO2/c1-5-11(13-8(3)4)9-7-10(9)12(14)15-6-2/h5,8-10H,1,6-7H2,2-4H3. The van der Waals surface area contributed by atoms with E-state index in [1.165, 1.54) is 0 Å². The van der Waals surface area contributed by atoms with Crippen LogP contribution in [-0.4, -0.2) is 24.3 Å². The summed E-state index contributed by atoms with van der Waals surface area (Å²) < 4.78 is 4.97. The number of rotatable bonds is 5. The Labute approximate surface area is 91.2 Å². The smallest absolute Gasteiger partial charge is 0.309 e. The van der Waals surface area contributed by atoms with Crippen molar-refractivity contribution in [2.75, 3.05) is 6.61 Å². The minimum atomic E-state index is -0.0965. The second-order valence-electron chi connectivity index (χ2n) is 4.05. The highest BCUT2D eigenvalue weighted by Crippen LogP contribution is 2.41. The maximum Gasteiger partial charge on any atom is 0.309 e. The van der Waals surface area contributed by atoms with Crippen molar-refractivity contribution in [2.24, 2.45) is 16.8 Å². The van der Waals surface area contributed by atoms with E-state index in [1.54, 1.807) is 6.08 Å². The molecule has 2 unspecified atom stereocenters. The van der Waals surface area contributed by atoms with Crippen molar-refractivity contribution in [3.63, 3.8) is 0 Å². The monoisotopic (exact) mass is 209 g/mol. The normalized spacial score (nSPS) is 25.2. The molecule has 1 saturated carbocycles. The Morgan fingerprint density at radius 3 is 2.73 bits per heavy atom. The van der Waals surface area contributed by atoms with Gasteiger partial charge in [-0.15, -0.1) is 0 Å². The van der Waals surface area contributed by atoms with Crippen molar-refractivity contribution >= 4 is 11.7 Å². The summed E-state index contributed by atoms with van der Waals surface area (Å²) in [5.74, 6) is 0.158. The van der Waals surface area contributed by atoms with Gasteiger partial charge in [0.2, 0.25) is 0 Å². The SMILES string of the molecule is C=CC(=NC(C)C)C1CC1C(=O)OCC. The van der Waals surface area contributed by atoms with Crippen LogP contribution in [0.5, 0.6) is 0 Å². The van der Waals surface area contributed by atoms with Crippen molar-refractivity contribution < 1.29 is 9.53 Å². The molecule has 0 N–H and O–H groups in total. The Bertz CT molecular complexity index is 281. The number of allylic oxidation sites excluding steroid dienone is 1. The van der Waals surface area contributed by atoms with Gasteiger partial charge in [-0.2, -0.15) is 0 Å². The molecule has 0 saturated heterocycles. The van der Waals surface area contributed by atoms with Gasteiger partial charge in [0, 0.05) is 17.7 Å². The zero-order valence-electron chi connectivity index (χ0n) is 9.69. The summed E-state index contributed by atoms with van der Waals surface area (Å²) >= 11 is 0. The highest BCUT2D eigenvalue weighted by molar-refractivity contribution is 6.02. The first kappa shape index (κ1) is 12.0. The summed E-state index contributed by atoms with van der Waals surface area (Å²) in [6, 6.07) is 0.251. The number of nitrogens with zero attached hydrogens (tertiary/aromatic N) is 1. The van der Waals surface area contributed by atoms with Crippen LogP contribution < -0.4 is 0 Å². The third kappa shape index (κ3) is 3.18. The van der Waals surface area contributed by atoms with Gasteiger partial charge < -0.3 is 4.74 Å². The molecule has 0 aromatic heterocycles. The van der Waals surface area contributed by atoms with E-state index in [-0.39, 0.29) is 23.8 Å². The average molecular weight is 209 g/mol. The minimum Gasteiger partial charge on any atom is -0.466 e. The fraction of sp³-hybridized carbons (Fsp3) is 0.667. The first-order valence-electron chi connectivity index (χ1n) is 5.46. The highest BCUT2D eigenvalue weighted by Gasteiger charge is 2.46. The van der Waals surface area contributed by atoms with Gasteiger partial charge in [-0.25, -0.2) is 0 Å². The number of ether oxygens (including phenoxy) is 1. The van der Waals surface area contributed by atoms with Crippen LogP contribution in [0.1, 0.15) is 27.2 Å². The van der Waals surface area contributed by atoms with E-state index in [2.05, 4.69) is 11.6 Å². The van der Waals surface area contributed by atoms with Gasteiger partial charge in [0.15, 0.2) is 0 Å². The van der Waals surface area contributed by atoms with E-state index < -0.39 is 0 Å². The van der Waals surface area contributed by atoms with E-state index in [1.807, 2.05) is 20.8 Å². The van der Waals surface area contributed by atoms with E-state index in [4.69, 9.17) is 4.74 Å². The quantitative estimate of drug-likeness (QED) is 0.514. The van der Waals surface area contributed by atoms with Gasteiger partial charge in [-0.1, -0.05) is 6.58 Å². The molecule has 0 spiro atoms. The minimum absolute atomic E-state index is 0.0143. The second-order valence-corrected chi connectivity index (χ2v) is 4.05. The zero-order valence-corrected chi connectivity index (χ0v) is 9.69. The molecule has 0 bridgehead atoms. The third-order valence-electron chi connectivity index (χ3n) is 2.38. The number of aliphatic imine (C=N–C) groups is 1. The summed E-state index contributed by atoms with van der Waals surface area (Å²) in [4.78, 5) is 15.9. The summed E-state index contributed by atoms with van der Waals surface area (Å²) in [6.07, 6.45) is 2.61. The van der Waals surface area contributed by atoms with Crippen molar-refractivity contribution in [3.05, 3.63) is 12.7 Å². The highest BCUT2D eigenvalue weighted by atomic mass is 16.5. The molecule has 0 heterocycles. The van der Waals surface area contributed by atoms with E-state index >= 15 is 0 Å². The van der Waals surface area contributed by atoms with Crippen LogP contribution >= 0.6 is 0 Å². The lowest BCUT2D eigenvalue weighted by Crippen LogP contribution is -2.11. The molecular formula is C12H19NO2. The van der Waals surface area contributed by atoms with Crippen LogP contribution in [0.2, 0.25) is 0 Å². The molecule has 3 nitrogen and oxygen atoms in total. The Balaban J connectivity index is 2.54. The summed E-state index contributed by atoms with van der Waals surface area (Å²) in [5.41, 5.74) is 0.947. The molecule has 2 atom stereocenters. The van der Waals surface area contributed by atoms with E-state index in [9.17, 15) is 4.79 Å². The molecule has 1 aliphatic rings. The molecule has 1 rings (SSSR count). The van der Waals surface area contributed by atoms with Crippen LogP contribution in [0.3, 0.4) is 0 Å². The second kappa shape index (κ2) is 5.10. The molecule has 15 heavy (non-hydrogen) atoms. The molecule has 3 heteroatoms. The van der Waals surface area contributed by atoms with Gasteiger partial charge in [0.05, 0.1) is 12.5 Å². The molecule has 84 valence electrons. The van der Waals surface area contributed by atoms with Crippen LogP contribution in [-0.2, 0) is 9.53 Å². The fourth-order valence-corrected chi connectivity index (χ4v) is 1.63. The van der Waals surface area contributed by atoms with Crippen LogP contribution in [0.25, 0.3) is 0 Å². The lowest BCUT2D eigenvalue weighted by atomic mass is 10.2. The van der Waals surface area contributed by atoms with Crippen molar-refractivity contribution in [2.45, 2.75) is 33.2 Å². The number of carbonyl (C=O) groups excluding carboxylic acids is 1.